The summed E-state index contributed by atoms with van der Waals surface area (Å²) in [5.74, 6) is -0.179. The maximum absolute atomic E-state index is 13.1. The first-order valence-corrected chi connectivity index (χ1v) is 9.23. The number of hydrogen-bond donors (Lipinski definition) is 2. The van der Waals surface area contributed by atoms with Gasteiger partial charge in [0, 0.05) is 24.2 Å². The van der Waals surface area contributed by atoms with E-state index in [-0.39, 0.29) is 12.2 Å². The molecule has 0 unspecified atom stereocenters. The Kier molecular flexibility index (Phi) is 5.11. The fraction of sp³-hybridized carbons (Fsp3) is 0.238. The third-order valence-electron chi connectivity index (χ3n) is 5.00. The second-order valence-corrected chi connectivity index (χ2v) is 7.05. The van der Waals surface area contributed by atoms with E-state index in [0.717, 1.165) is 11.6 Å². The molecule has 2 aromatic rings. The minimum Gasteiger partial charge on any atom is -0.489 e. The van der Waals surface area contributed by atoms with Crippen LogP contribution < -0.4 is 10.2 Å². The Hall–Kier alpha value is -3.49. The molecule has 156 valence electrons. The summed E-state index contributed by atoms with van der Waals surface area (Å²) in [5.41, 5.74) is 3.74. The van der Waals surface area contributed by atoms with Gasteiger partial charge in [-0.15, -0.1) is 0 Å². The minimum absolute atomic E-state index is 0.0602. The topological polar surface area (TPSA) is 74.2 Å². The summed E-state index contributed by atoms with van der Waals surface area (Å²) in [7, 11) is 0. The van der Waals surface area contributed by atoms with E-state index in [9.17, 15) is 18.0 Å². The van der Waals surface area contributed by atoms with Crippen LogP contribution in [0, 0.1) is 5.92 Å². The number of halogens is 3. The molecule has 30 heavy (non-hydrogen) atoms. The van der Waals surface area contributed by atoms with Crippen molar-refractivity contribution in [3.05, 3.63) is 65.2 Å². The molecule has 2 aliphatic rings. The number of nitrogens with one attached hydrogen (secondary N) is 1. The van der Waals surface area contributed by atoms with Crippen LogP contribution in [0.5, 0.6) is 5.75 Å². The second-order valence-electron chi connectivity index (χ2n) is 7.05. The van der Waals surface area contributed by atoms with Crippen molar-refractivity contribution in [3.8, 4) is 5.75 Å². The van der Waals surface area contributed by atoms with Crippen LogP contribution in [-0.2, 0) is 17.6 Å². The van der Waals surface area contributed by atoms with Crippen molar-refractivity contribution < 1.29 is 27.8 Å². The quantitative estimate of drug-likeness (QED) is 0.785. The average Bonchev–Trinajstić information content (AvgIpc) is 2.87. The number of benzene rings is 2. The van der Waals surface area contributed by atoms with Crippen LogP contribution >= 0.6 is 0 Å². The number of aliphatic carboxylic acids is 1. The Labute approximate surface area is 170 Å². The number of likely N-dealkylation sites (tertiary alicyclic amines) is 1. The standard InChI is InChI=1S/C21H18F3N3O3/c22-21(23,24)17-4-2-1-3-14(17)12-30-16-6-7-18-13(9-16)5-8-19(26-25-18)27-10-15(11-27)20(28)29/h1-9,15,25H,10-12H2,(H,28,29). The van der Waals surface area contributed by atoms with Crippen LogP contribution in [0.3, 0.4) is 0 Å². The lowest BCUT2D eigenvalue weighted by molar-refractivity contribution is -0.145. The average molecular weight is 417 g/mol. The Balaban J connectivity index is 1.44. The van der Waals surface area contributed by atoms with Crippen LogP contribution in [0.4, 0.5) is 18.9 Å². The smallest absolute Gasteiger partial charge is 0.416 e. The highest BCUT2D eigenvalue weighted by Gasteiger charge is 2.34. The van der Waals surface area contributed by atoms with Gasteiger partial charge in [0.25, 0.3) is 0 Å². The van der Waals surface area contributed by atoms with Crippen LogP contribution in [-0.4, -0.2) is 34.9 Å². The number of carboxylic acids is 1. The summed E-state index contributed by atoms with van der Waals surface area (Å²) >= 11 is 0. The number of carbonyl (C=O) groups is 1. The van der Waals surface area contributed by atoms with Crippen molar-refractivity contribution in [1.29, 1.82) is 0 Å². The lowest BCUT2D eigenvalue weighted by Gasteiger charge is -2.37. The number of rotatable bonds is 4. The molecule has 0 spiro atoms. The molecule has 0 amide bonds. The Morgan fingerprint density at radius 2 is 1.97 bits per heavy atom. The predicted octanol–water partition coefficient (Wildman–Crippen LogP) is 4.05. The van der Waals surface area contributed by atoms with Gasteiger partial charge in [0.05, 0.1) is 17.2 Å². The van der Waals surface area contributed by atoms with E-state index in [1.54, 1.807) is 36.4 Å². The Bertz CT molecular complexity index is 1030. The van der Waals surface area contributed by atoms with Crippen LogP contribution in [0.25, 0.3) is 6.08 Å². The van der Waals surface area contributed by atoms with E-state index in [4.69, 9.17) is 9.84 Å². The summed E-state index contributed by atoms with van der Waals surface area (Å²) in [5, 5.41) is 13.3. The molecule has 1 saturated heterocycles. The molecule has 0 radical (unpaired) electrons. The summed E-state index contributed by atoms with van der Waals surface area (Å²) < 4.78 is 45.0. The highest BCUT2D eigenvalue weighted by Crippen LogP contribution is 2.33. The molecule has 0 saturated carbocycles. The first-order valence-electron chi connectivity index (χ1n) is 9.23. The van der Waals surface area contributed by atoms with Crippen LogP contribution in [0.15, 0.2) is 53.6 Å². The van der Waals surface area contributed by atoms with E-state index in [2.05, 4.69) is 10.5 Å². The van der Waals surface area contributed by atoms with Crippen molar-refractivity contribution in [2.24, 2.45) is 11.0 Å². The van der Waals surface area contributed by atoms with Crippen molar-refractivity contribution in [2.75, 3.05) is 18.5 Å². The largest absolute Gasteiger partial charge is 0.489 e. The van der Waals surface area contributed by atoms with Gasteiger partial charge >= 0.3 is 12.1 Å². The van der Waals surface area contributed by atoms with Crippen molar-refractivity contribution in [2.45, 2.75) is 12.8 Å². The Morgan fingerprint density at radius 3 is 2.70 bits per heavy atom. The van der Waals surface area contributed by atoms with Gasteiger partial charge < -0.3 is 14.7 Å². The Morgan fingerprint density at radius 1 is 1.20 bits per heavy atom. The van der Waals surface area contributed by atoms with Gasteiger partial charge in [-0.05, 0) is 36.4 Å². The number of nitrogens with zero attached hydrogens (tertiary/aromatic N) is 2. The highest BCUT2D eigenvalue weighted by molar-refractivity contribution is 6.00. The third kappa shape index (κ3) is 4.10. The van der Waals surface area contributed by atoms with Gasteiger partial charge in [-0.25, -0.2) is 0 Å². The number of fused-ring (bicyclic) bond motifs is 1. The molecule has 0 aliphatic carbocycles. The molecule has 0 aromatic heterocycles. The lowest BCUT2D eigenvalue weighted by atomic mass is 10.0. The number of anilines is 1. The molecule has 2 aromatic carbocycles. The van der Waals surface area contributed by atoms with Gasteiger partial charge in [-0.1, -0.05) is 18.2 Å². The third-order valence-corrected chi connectivity index (χ3v) is 5.00. The molecule has 0 atom stereocenters. The lowest BCUT2D eigenvalue weighted by Crippen LogP contribution is -2.52. The van der Waals surface area contributed by atoms with Crippen molar-refractivity contribution in [3.63, 3.8) is 0 Å². The molecular formula is C21H18F3N3O3. The zero-order valence-corrected chi connectivity index (χ0v) is 15.7. The van der Waals surface area contributed by atoms with Gasteiger partial charge in [0.2, 0.25) is 0 Å². The summed E-state index contributed by atoms with van der Waals surface area (Å²) in [4.78, 5) is 12.8. The summed E-state index contributed by atoms with van der Waals surface area (Å²) in [6.07, 6.45) is -0.872. The van der Waals surface area contributed by atoms with E-state index < -0.39 is 23.6 Å². The molecule has 0 bridgehead atoms. The molecule has 2 aliphatic heterocycles. The number of hydrogen-bond acceptors (Lipinski definition) is 5. The van der Waals surface area contributed by atoms with Gasteiger partial charge in [-0.3, -0.25) is 10.2 Å². The van der Waals surface area contributed by atoms with Crippen molar-refractivity contribution in [1.82, 2.24) is 4.90 Å². The fourth-order valence-corrected chi connectivity index (χ4v) is 3.27. The molecule has 2 heterocycles. The molecular weight excluding hydrogens is 399 g/mol. The zero-order chi connectivity index (χ0) is 21.3. The van der Waals surface area contributed by atoms with E-state index in [0.29, 0.717) is 30.4 Å². The molecule has 2 N–H and O–H groups in total. The molecule has 6 nitrogen and oxygen atoms in total. The molecule has 1 fully saturated rings. The molecule has 4 rings (SSSR count). The maximum Gasteiger partial charge on any atom is 0.416 e. The van der Waals surface area contributed by atoms with Gasteiger partial charge in [0.1, 0.15) is 18.2 Å². The SMILES string of the molecule is O=C(O)C1CN(C2=NNc3ccc(OCc4ccccc4C(F)(F)F)cc3C=C2)C1. The second kappa shape index (κ2) is 7.74. The predicted molar refractivity (Wildman–Crippen MR) is 105 cm³/mol. The number of carboxylic acid groups (broad SMARTS) is 1. The number of ether oxygens (including phenoxy) is 1. The van der Waals surface area contributed by atoms with E-state index in [1.165, 1.54) is 12.1 Å². The van der Waals surface area contributed by atoms with E-state index >= 15 is 0 Å². The zero-order valence-electron chi connectivity index (χ0n) is 15.7. The first kappa shape index (κ1) is 19.8. The first-order chi connectivity index (χ1) is 14.3. The minimum atomic E-state index is -4.44. The molecule has 9 heteroatoms. The number of hydrazone groups is 1. The summed E-state index contributed by atoms with van der Waals surface area (Å²) in [6, 6.07) is 10.4. The van der Waals surface area contributed by atoms with Gasteiger partial charge in [-0.2, -0.15) is 18.3 Å². The van der Waals surface area contributed by atoms with Crippen LogP contribution in [0.1, 0.15) is 16.7 Å². The van der Waals surface area contributed by atoms with E-state index in [1.807, 2.05) is 4.90 Å². The van der Waals surface area contributed by atoms with Gasteiger partial charge in [0.15, 0.2) is 0 Å². The number of amidine groups is 1. The maximum atomic E-state index is 13.1. The highest BCUT2D eigenvalue weighted by atomic mass is 19.4. The number of alkyl halides is 3. The normalized spacial score (nSPS) is 16.1. The van der Waals surface area contributed by atoms with Crippen LogP contribution in [0.2, 0.25) is 0 Å². The monoisotopic (exact) mass is 417 g/mol. The van der Waals surface area contributed by atoms with Crippen molar-refractivity contribution >= 4 is 23.6 Å². The summed E-state index contributed by atoms with van der Waals surface area (Å²) in [6.45, 7) is 0.574. The fourth-order valence-electron chi connectivity index (χ4n) is 3.27.